The summed E-state index contributed by atoms with van der Waals surface area (Å²) in [5, 5.41) is 8.60. The second kappa shape index (κ2) is 6.40. The van der Waals surface area contributed by atoms with E-state index in [0.717, 1.165) is 10.6 Å². The Balaban J connectivity index is 2.34. The van der Waals surface area contributed by atoms with Crippen molar-refractivity contribution in [3.8, 4) is 5.75 Å². The third kappa shape index (κ3) is 4.12. The lowest BCUT2D eigenvalue weighted by molar-refractivity contribution is -0.138. The molecule has 1 aromatic rings. The van der Waals surface area contributed by atoms with E-state index >= 15 is 0 Å². The number of aliphatic carboxylic acids is 1. The summed E-state index contributed by atoms with van der Waals surface area (Å²) in [5.41, 5.74) is 5.39. The third-order valence-corrected chi connectivity index (χ3v) is 3.12. The smallest absolute Gasteiger partial charge is 0.320 e. The lowest BCUT2D eigenvalue weighted by Gasteiger charge is -2.06. The van der Waals surface area contributed by atoms with Gasteiger partial charge in [0.25, 0.3) is 0 Å². The maximum atomic E-state index is 10.5. The molecule has 5 heteroatoms. The van der Waals surface area contributed by atoms with E-state index in [-0.39, 0.29) is 0 Å². The molecule has 0 aliphatic heterocycles. The number of carboxylic acid groups (broad SMARTS) is 1. The lowest BCUT2D eigenvalue weighted by Crippen LogP contribution is -2.30. The number of hydrogen-bond acceptors (Lipinski definition) is 4. The van der Waals surface area contributed by atoms with Gasteiger partial charge >= 0.3 is 5.97 Å². The van der Waals surface area contributed by atoms with E-state index in [2.05, 4.69) is 0 Å². The van der Waals surface area contributed by atoms with Gasteiger partial charge in [-0.2, -0.15) is 0 Å². The second-order valence-corrected chi connectivity index (χ2v) is 4.43. The number of nitrogens with two attached hydrogens (primary N) is 1. The van der Waals surface area contributed by atoms with Crippen LogP contribution in [0.25, 0.3) is 0 Å². The van der Waals surface area contributed by atoms with Gasteiger partial charge in [0.05, 0.1) is 7.11 Å². The first-order chi connectivity index (χ1) is 7.63. The van der Waals surface area contributed by atoms with Gasteiger partial charge in [0.1, 0.15) is 11.8 Å². The van der Waals surface area contributed by atoms with E-state index in [9.17, 15) is 4.79 Å². The standard InChI is InChI=1S/C11H15NO3S/c1-15-8-2-4-9(5-3-8)16-7-6-10(12)11(13)14/h2-5,10H,6-7,12H2,1H3,(H,13,14). The molecule has 0 aromatic heterocycles. The molecule has 0 aliphatic rings. The van der Waals surface area contributed by atoms with Gasteiger partial charge in [-0.3, -0.25) is 4.79 Å². The van der Waals surface area contributed by atoms with E-state index in [4.69, 9.17) is 15.6 Å². The van der Waals surface area contributed by atoms with Gasteiger partial charge < -0.3 is 15.6 Å². The average molecular weight is 241 g/mol. The van der Waals surface area contributed by atoms with Crippen LogP contribution in [-0.4, -0.2) is 30.0 Å². The van der Waals surface area contributed by atoms with Crippen LogP contribution in [0.3, 0.4) is 0 Å². The Hall–Kier alpha value is -1.20. The van der Waals surface area contributed by atoms with Gasteiger partial charge in [-0.25, -0.2) is 0 Å². The number of rotatable bonds is 6. The molecule has 0 spiro atoms. The highest BCUT2D eigenvalue weighted by Gasteiger charge is 2.10. The van der Waals surface area contributed by atoms with Crippen molar-refractivity contribution in [3.05, 3.63) is 24.3 Å². The summed E-state index contributed by atoms with van der Waals surface area (Å²) in [4.78, 5) is 11.6. The predicted molar refractivity (Wildman–Crippen MR) is 63.9 cm³/mol. The molecule has 1 unspecified atom stereocenters. The predicted octanol–water partition coefficient (Wildman–Crippen LogP) is 1.59. The number of methoxy groups -OCH3 is 1. The normalized spacial score (nSPS) is 12.1. The summed E-state index contributed by atoms with van der Waals surface area (Å²) >= 11 is 1.59. The molecule has 0 amide bonds. The SMILES string of the molecule is COc1ccc(SCCC(N)C(=O)O)cc1. The number of carboxylic acids is 1. The fourth-order valence-electron chi connectivity index (χ4n) is 1.10. The number of carbonyl (C=O) groups is 1. The number of ether oxygens (including phenoxy) is 1. The first kappa shape index (κ1) is 12.9. The first-order valence-electron chi connectivity index (χ1n) is 4.88. The fraction of sp³-hybridized carbons (Fsp3) is 0.364. The molecule has 88 valence electrons. The van der Waals surface area contributed by atoms with Crippen molar-refractivity contribution in [2.24, 2.45) is 5.73 Å². The van der Waals surface area contributed by atoms with Crippen LogP contribution in [0.15, 0.2) is 29.2 Å². The molecule has 3 N–H and O–H groups in total. The quantitative estimate of drug-likeness (QED) is 0.740. The van der Waals surface area contributed by atoms with Crippen LogP contribution in [0.1, 0.15) is 6.42 Å². The molecule has 0 bridgehead atoms. The minimum Gasteiger partial charge on any atom is -0.497 e. The second-order valence-electron chi connectivity index (χ2n) is 3.26. The van der Waals surface area contributed by atoms with Crippen molar-refractivity contribution in [2.75, 3.05) is 12.9 Å². The molecule has 0 fully saturated rings. The van der Waals surface area contributed by atoms with Gasteiger partial charge in [0.15, 0.2) is 0 Å². The topological polar surface area (TPSA) is 72.5 Å². The zero-order valence-electron chi connectivity index (χ0n) is 9.05. The minimum atomic E-state index is -0.949. The summed E-state index contributed by atoms with van der Waals surface area (Å²) in [6, 6.07) is 6.86. The fourth-order valence-corrected chi connectivity index (χ4v) is 2.04. The van der Waals surface area contributed by atoms with Gasteiger partial charge in [-0.05, 0) is 30.7 Å². The Morgan fingerprint density at radius 3 is 2.62 bits per heavy atom. The van der Waals surface area contributed by atoms with E-state index < -0.39 is 12.0 Å². The highest BCUT2D eigenvalue weighted by Crippen LogP contribution is 2.21. The van der Waals surface area contributed by atoms with Crippen LogP contribution in [0.4, 0.5) is 0 Å². The van der Waals surface area contributed by atoms with E-state index in [0.29, 0.717) is 12.2 Å². The van der Waals surface area contributed by atoms with E-state index in [1.54, 1.807) is 18.9 Å². The lowest BCUT2D eigenvalue weighted by atomic mass is 10.2. The molecular weight excluding hydrogens is 226 g/mol. The zero-order valence-corrected chi connectivity index (χ0v) is 9.87. The van der Waals surface area contributed by atoms with Crippen molar-refractivity contribution in [1.82, 2.24) is 0 Å². The van der Waals surface area contributed by atoms with Crippen molar-refractivity contribution in [3.63, 3.8) is 0 Å². The summed E-state index contributed by atoms with van der Waals surface area (Å²) < 4.78 is 5.04. The van der Waals surface area contributed by atoms with Crippen molar-refractivity contribution < 1.29 is 14.6 Å². The average Bonchev–Trinajstić information content (AvgIpc) is 2.29. The summed E-state index contributed by atoms with van der Waals surface area (Å²) in [7, 11) is 1.62. The summed E-state index contributed by atoms with van der Waals surface area (Å²) in [6.45, 7) is 0. The summed E-state index contributed by atoms with van der Waals surface area (Å²) in [6.07, 6.45) is 0.464. The van der Waals surface area contributed by atoms with E-state index in [1.165, 1.54) is 0 Å². The molecule has 1 rings (SSSR count). The number of benzene rings is 1. The number of hydrogen-bond donors (Lipinski definition) is 2. The molecular formula is C11H15NO3S. The monoisotopic (exact) mass is 241 g/mol. The molecule has 1 aromatic carbocycles. The molecule has 0 aliphatic carbocycles. The third-order valence-electron chi connectivity index (χ3n) is 2.07. The maximum Gasteiger partial charge on any atom is 0.320 e. The van der Waals surface area contributed by atoms with Crippen LogP contribution in [0.5, 0.6) is 5.75 Å². The van der Waals surface area contributed by atoms with Crippen molar-refractivity contribution in [1.29, 1.82) is 0 Å². The molecule has 0 heterocycles. The number of thioether (sulfide) groups is 1. The Bertz CT molecular complexity index is 340. The van der Waals surface area contributed by atoms with Crippen LogP contribution >= 0.6 is 11.8 Å². The van der Waals surface area contributed by atoms with Crippen LogP contribution in [-0.2, 0) is 4.79 Å². The molecule has 0 radical (unpaired) electrons. The highest BCUT2D eigenvalue weighted by atomic mass is 32.2. The van der Waals surface area contributed by atoms with Gasteiger partial charge in [-0.15, -0.1) is 11.8 Å². The Kier molecular flexibility index (Phi) is 5.14. The van der Waals surface area contributed by atoms with Crippen LogP contribution in [0.2, 0.25) is 0 Å². The van der Waals surface area contributed by atoms with Gasteiger partial charge in [0.2, 0.25) is 0 Å². The van der Waals surface area contributed by atoms with Crippen LogP contribution in [0, 0.1) is 0 Å². The summed E-state index contributed by atoms with van der Waals surface area (Å²) in [5.74, 6) is 0.557. The highest BCUT2D eigenvalue weighted by molar-refractivity contribution is 7.99. The molecule has 0 saturated carbocycles. The van der Waals surface area contributed by atoms with Gasteiger partial charge in [-0.1, -0.05) is 0 Å². The van der Waals surface area contributed by atoms with Crippen molar-refractivity contribution in [2.45, 2.75) is 17.4 Å². The molecule has 0 saturated heterocycles. The largest absolute Gasteiger partial charge is 0.497 e. The Labute approximate surface area is 98.8 Å². The molecule has 1 atom stereocenters. The Morgan fingerprint density at radius 1 is 1.50 bits per heavy atom. The molecule has 4 nitrogen and oxygen atoms in total. The van der Waals surface area contributed by atoms with Gasteiger partial charge in [0, 0.05) is 10.6 Å². The van der Waals surface area contributed by atoms with Crippen LogP contribution < -0.4 is 10.5 Å². The maximum absolute atomic E-state index is 10.5. The first-order valence-corrected chi connectivity index (χ1v) is 5.87. The Morgan fingerprint density at radius 2 is 2.12 bits per heavy atom. The molecule has 16 heavy (non-hydrogen) atoms. The van der Waals surface area contributed by atoms with Crippen molar-refractivity contribution >= 4 is 17.7 Å². The van der Waals surface area contributed by atoms with E-state index in [1.807, 2.05) is 24.3 Å². The zero-order chi connectivity index (χ0) is 12.0. The minimum absolute atomic E-state index is 0.464.